The van der Waals surface area contributed by atoms with Gasteiger partial charge < -0.3 is 15.3 Å². The molecule has 0 aliphatic heterocycles. The van der Waals surface area contributed by atoms with Crippen molar-refractivity contribution in [2.75, 3.05) is 18.1 Å². The van der Waals surface area contributed by atoms with Crippen LogP contribution in [0.3, 0.4) is 0 Å². The van der Waals surface area contributed by atoms with Crippen LogP contribution >= 0.6 is 15.9 Å². The molecule has 110 valence electrons. The molecule has 3 rings (SSSR count). The van der Waals surface area contributed by atoms with Gasteiger partial charge in [0.2, 0.25) is 0 Å². The van der Waals surface area contributed by atoms with E-state index < -0.39 is 0 Å². The van der Waals surface area contributed by atoms with Crippen LogP contribution < -0.4 is 10.2 Å². The smallest absolute Gasteiger partial charge is 0.0606 e. The largest absolute Gasteiger partial charge is 0.395 e. The lowest BCUT2D eigenvalue weighted by atomic mass is 9.91. The van der Waals surface area contributed by atoms with Crippen LogP contribution in [0.5, 0.6) is 0 Å². The predicted octanol–water partition coefficient (Wildman–Crippen LogP) is 3.05. The summed E-state index contributed by atoms with van der Waals surface area (Å²) in [6.45, 7) is 1.89. The molecule has 0 radical (unpaired) electrons. The van der Waals surface area contributed by atoms with Gasteiger partial charge in [0.05, 0.1) is 12.3 Å². The monoisotopic (exact) mass is 338 g/mol. The first-order valence-electron chi connectivity index (χ1n) is 7.67. The Labute approximate surface area is 129 Å². The van der Waals surface area contributed by atoms with Gasteiger partial charge in [-0.25, -0.2) is 0 Å². The van der Waals surface area contributed by atoms with Gasteiger partial charge in [-0.15, -0.1) is 0 Å². The number of hydrogen-bond donors (Lipinski definition) is 2. The molecule has 20 heavy (non-hydrogen) atoms. The van der Waals surface area contributed by atoms with Crippen molar-refractivity contribution in [1.29, 1.82) is 0 Å². The van der Waals surface area contributed by atoms with Crippen molar-refractivity contribution in [3.05, 3.63) is 28.2 Å². The summed E-state index contributed by atoms with van der Waals surface area (Å²) in [5.41, 5.74) is 2.55. The molecule has 0 spiro atoms. The molecule has 0 heterocycles. The van der Waals surface area contributed by atoms with Gasteiger partial charge in [-0.05, 0) is 65.7 Å². The van der Waals surface area contributed by atoms with E-state index in [-0.39, 0.29) is 6.61 Å². The second-order valence-corrected chi connectivity index (χ2v) is 6.80. The molecule has 3 nitrogen and oxygen atoms in total. The zero-order valence-electron chi connectivity index (χ0n) is 11.8. The molecular formula is C16H23BrN2O. The van der Waals surface area contributed by atoms with E-state index in [1.54, 1.807) is 0 Å². The highest BCUT2D eigenvalue weighted by Crippen LogP contribution is 2.34. The lowest BCUT2D eigenvalue weighted by Gasteiger charge is -2.39. The number of rotatable bonds is 7. The van der Waals surface area contributed by atoms with Crippen LogP contribution in [0.1, 0.15) is 37.7 Å². The Morgan fingerprint density at radius 3 is 2.60 bits per heavy atom. The van der Waals surface area contributed by atoms with Crippen LogP contribution in [0.15, 0.2) is 22.7 Å². The average molecular weight is 339 g/mol. The third-order valence-corrected chi connectivity index (χ3v) is 4.99. The molecule has 2 saturated carbocycles. The first-order valence-corrected chi connectivity index (χ1v) is 8.46. The molecule has 1 aromatic carbocycles. The molecule has 2 fully saturated rings. The topological polar surface area (TPSA) is 35.5 Å². The van der Waals surface area contributed by atoms with Crippen LogP contribution in [0.25, 0.3) is 0 Å². The van der Waals surface area contributed by atoms with E-state index in [1.807, 2.05) is 0 Å². The lowest BCUT2D eigenvalue weighted by Crippen LogP contribution is -2.42. The number of halogens is 1. The summed E-state index contributed by atoms with van der Waals surface area (Å²) in [6, 6.07) is 7.97. The minimum Gasteiger partial charge on any atom is -0.395 e. The van der Waals surface area contributed by atoms with E-state index >= 15 is 0 Å². The second-order valence-electron chi connectivity index (χ2n) is 5.94. The zero-order valence-corrected chi connectivity index (χ0v) is 13.4. The van der Waals surface area contributed by atoms with Gasteiger partial charge >= 0.3 is 0 Å². The van der Waals surface area contributed by atoms with Crippen molar-refractivity contribution in [3.63, 3.8) is 0 Å². The predicted molar refractivity (Wildman–Crippen MR) is 86.1 cm³/mol. The molecule has 0 atom stereocenters. The highest BCUT2D eigenvalue weighted by atomic mass is 79.9. The summed E-state index contributed by atoms with van der Waals surface area (Å²) in [7, 11) is 0. The average Bonchev–Trinajstić information content (AvgIpc) is 3.18. The molecule has 2 aliphatic carbocycles. The van der Waals surface area contributed by atoms with Crippen molar-refractivity contribution in [3.8, 4) is 0 Å². The third kappa shape index (κ3) is 3.35. The molecule has 1 aromatic rings. The summed E-state index contributed by atoms with van der Waals surface area (Å²) < 4.78 is 1.15. The van der Waals surface area contributed by atoms with E-state index in [4.69, 9.17) is 0 Å². The van der Waals surface area contributed by atoms with Crippen molar-refractivity contribution in [2.24, 2.45) is 0 Å². The third-order valence-electron chi connectivity index (χ3n) is 4.35. The normalized spacial score (nSPS) is 18.9. The summed E-state index contributed by atoms with van der Waals surface area (Å²) in [6.07, 6.45) is 6.46. The fourth-order valence-corrected chi connectivity index (χ4v) is 3.40. The summed E-state index contributed by atoms with van der Waals surface area (Å²) in [5, 5.41) is 12.8. The molecule has 0 bridgehead atoms. The summed E-state index contributed by atoms with van der Waals surface area (Å²) >= 11 is 3.71. The zero-order chi connectivity index (χ0) is 13.9. The Kier molecular flexibility index (Phi) is 4.64. The van der Waals surface area contributed by atoms with E-state index in [0.29, 0.717) is 6.04 Å². The van der Waals surface area contributed by atoms with Crippen LogP contribution in [-0.2, 0) is 6.54 Å². The number of benzene rings is 1. The minimum atomic E-state index is 0.216. The maximum atomic E-state index is 9.30. The quantitative estimate of drug-likeness (QED) is 0.802. The van der Waals surface area contributed by atoms with E-state index in [9.17, 15) is 5.11 Å². The molecule has 0 saturated heterocycles. The van der Waals surface area contributed by atoms with E-state index in [1.165, 1.54) is 43.4 Å². The Morgan fingerprint density at radius 2 is 2.05 bits per heavy atom. The lowest BCUT2D eigenvalue weighted by molar-refractivity contribution is 0.283. The van der Waals surface area contributed by atoms with Crippen LogP contribution in [0.2, 0.25) is 0 Å². The fourth-order valence-electron chi connectivity index (χ4n) is 2.75. The number of nitrogens with zero attached hydrogens (tertiary/aromatic N) is 1. The molecule has 0 aromatic heterocycles. The maximum absolute atomic E-state index is 9.30. The Balaban J connectivity index is 1.70. The molecule has 0 unspecified atom stereocenters. The van der Waals surface area contributed by atoms with E-state index in [0.717, 1.165) is 23.6 Å². The van der Waals surface area contributed by atoms with Gasteiger partial charge in [0.1, 0.15) is 0 Å². The van der Waals surface area contributed by atoms with Crippen LogP contribution in [0, 0.1) is 0 Å². The Bertz CT molecular complexity index is 458. The Hall–Kier alpha value is -0.580. The Morgan fingerprint density at radius 1 is 1.25 bits per heavy atom. The first-order chi connectivity index (χ1) is 9.78. The molecule has 0 amide bonds. The van der Waals surface area contributed by atoms with Gasteiger partial charge in [-0.2, -0.15) is 0 Å². The first kappa shape index (κ1) is 14.4. The molecule has 2 aliphatic rings. The number of aliphatic hydroxyl groups is 1. The van der Waals surface area contributed by atoms with Crippen LogP contribution in [0.4, 0.5) is 5.69 Å². The van der Waals surface area contributed by atoms with Crippen LogP contribution in [-0.4, -0.2) is 30.3 Å². The summed E-state index contributed by atoms with van der Waals surface area (Å²) in [5.74, 6) is 0. The van der Waals surface area contributed by atoms with Gasteiger partial charge in [-0.1, -0.05) is 6.07 Å². The molecule has 2 N–H and O–H groups in total. The highest BCUT2D eigenvalue weighted by molar-refractivity contribution is 9.10. The van der Waals surface area contributed by atoms with E-state index in [2.05, 4.69) is 44.3 Å². The number of nitrogens with one attached hydrogen (secondary N) is 1. The SMILES string of the molecule is OCCN(c1ccc(CNC2CC2)cc1Br)C1CCC1. The second kappa shape index (κ2) is 6.46. The van der Waals surface area contributed by atoms with Crippen molar-refractivity contribution in [1.82, 2.24) is 5.32 Å². The summed E-state index contributed by atoms with van der Waals surface area (Å²) in [4.78, 5) is 2.35. The van der Waals surface area contributed by atoms with Gasteiger partial charge in [0.25, 0.3) is 0 Å². The number of anilines is 1. The number of aliphatic hydroxyl groups excluding tert-OH is 1. The van der Waals surface area contributed by atoms with Crippen molar-refractivity contribution in [2.45, 2.75) is 50.7 Å². The minimum absolute atomic E-state index is 0.216. The van der Waals surface area contributed by atoms with Crippen molar-refractivity contribution >= 4 is 21.6 Å². The fraction of sp³-hybridized carbons (Fsp3) is 0.625. The van der Waals surface area contributed by atoms with Gasteiger partial charge in [0.15, 0.2) is 0 Å². The number of hydrogen-bond acceptors (Lipinski definition) is 3. The molecular weight excluding hydrogens is 316 g/mol. The maximum Gasteiger partial charge on any atom is 0.0606 e. The standard InChI is InChI=1S/C16H23BrN2O/c17-15-10-12(11-18-13-5-6-13)4-7-16(15)19(8-9-20)14-2-1-3-14/h4,7,10,13-14,18,20H,1-3,5-6,8-9,11H2. The van der Waals surface area contributed by atoms with Gasteiger partial charge in [0, 0.05) is 29.6 Å². The van der Waals surface area contributed by atoms with Gasteiger partial charge in [-0.3, -0.25) is 0 Å². The highest BCUT2D eigenvalue weighted by Gasteiger charge is 2.26. The van der Waals surface area contributed by atoms with Crippen molar-refractivity contribution < 1.29 is 5.11 Å². The molecule has 4 heteroatoms.